The summed E-state index contributed by atoms with van der Waals surface area (Å²) in [6.45, 7) is 6.79. The van der Waals surface area contributed by atoms with Gasteiger partial charge in [-0.1, -0.05) is 6.92 Å². The van der Waals surface area contributed by atoms with Crippen LogP contribution in [0.4, 0.5) is 0 Å². The number of hydrogen-bond acceptors (Lipinski definition) is 2. The van der Waals surface area contributed by atoms with Crippen LogP contribution in [0.2, 0.25) is 0 Å². The molecule has 0 amide bonds. The van der Waals surface area contributed by atoms with Gasteiger partial charge in [0, 0.05) is 53.8 Å². The average molecular weight is 228 g/mol. The van der Waals surface area contributed by atoms with E-state index in [0.29, 0.717) is 0 Å². The van der Waals surface area contributed by atoms with Crippen molar-refractivity contribution in [2.24, 2.45) is 0 Å². The van der Waals surface area contributed by atoms with E-state index in [1.165, 1.54) is 5.69 Å². The molecule has 3 nitrogen and oxygen atoms in total. The highest BCUT2D eigenvalue weighted by Crippen LogP contribution is 2.00. The minimum Gasteiger partial charge on any atom is -0.351 e. The number of nitrogens with one attached hydrogen (secondary N) is 1. The highest BCUT2D eigenvalue weighted by atomic mass is 32.2. The molecule has 1 aromatic heterocycles. The molecule has 1 atom stereocenters. The molecule has 0 radical (unpaired) electrons. The Morgan fingerprint density at radius 1 is 1.47 bits per heavy atom. The van der Waals surface area contributed by atoms with Gasteiger partial charge in [-0.15, -0.1) is 0 Å². The zero-order valence-electron chi connectivity index (χ0n) is 9.53. The minimum atomic E-state index is -0.652. The summed E-state index contributed by atoms with van der Waals surface area (Å²) in [6.07, 6.45) is 2.08. The Labute approximate surface area is 94.3 Å². The van der Waals surface area contributed by atoms with E-state index in [0.717, 1.165) is 31.1 Å². The molecular formula is C11H20N2OS. The molecule has 1 heterocycles. The summed E-state index contributed by atoms with van der Waals surface area (Å²) in [4.78, 5) is 0. The third-order valence-electron chi connectivity index (χ3n) is 2.40. The van der Waals surface area contributed by atoms with E-state index in [9.17, 15) is 4.21 Å². The molecule has 1 unspecified atom stereocenters. The fraction of sp³-hybridized carbons (Fsp3) is 0.636. The first-order valence-corrected chi connectivity index (χ1v) is 6.96. The number of rotatable bonds is 7. The van der Waals surface area contributed by atoms with Crippen LogP contribution in [0.15, 0.2) is 18.3 Å². The normalized spacial score (nSPS) is 12.9. The summed E-state index contributed by atoms with van der Waals surface area (Å²) in [5.41, 5.74) is 1.29. The van der Waals surface area contributed by atoms with Crippen LogP contribution in [0.3, 0.4) is 0 Å². The van der Waals surface area contributed by atoms with Crippen molar-refractivity contribution in [3.63, 3.8) is 0 Å². The molecule has 1 N–H and O–H groups in total. The van der Waals surface area contributed by atoms with E-state index >= 15 is 0 Å². The van der Waals surface area contributed by atoms with Crippen molar-refractivity contribution in [2.75, 3.05) is 18.1 Å². The number of aromatic nitrogens is 1. The summed E-state index contributed by atoms with van der Waals surface area (Å²) in [7, 11) is -0.652. The fourth-order valence-corrected chi connectivity index (χ4v) is 2.13. The van der Waals surface area contributed by atoms with Crippen molar-refractivity contribution < 1.29 is 4.21 Å². The molecule has 0 saturated carbocycles. The highest BCUT2D eigenvalue weighted by Gasteiger charge is 1.99. The maximum Gasteiger partial charge on any atom is 0.0360 e. The van der Waals surface area contributed by atoms with E-state index in [4.69, 9.17) is 0 Å². The lowest BCUT2D eigenvalue weighted by atomic mass is 10.4. The van der Waals surface area contributed by atoms with Gasteiger partial charge >= 0.3 is 0 Å². The summed E-state index contributed by atoms with van der Waals surface area (Å²) in [6, 6.07) is 4.18. The molecule has 4 heteroatoms. The average Bonchev–Trinajstić information content (AvgIpc) is 2.71. The van der Waals surface area contributed by atoms with Crippen LogP contribution >= 0.6 is 0 Å². The minimum absolute atomic E-state index is 0.652. The van der Waals surface area contributed by atoms with Crippen LogP contribution in [0.25, 0.3) is 0 Å². The molecule has 0 aromatic carbocycles. The Balaban J connectivity index is 2.23. The van der Waals surface area contributed by atoms with Crippen LogP contribution in [0, 0.1) is 0 Å². The molecule has 0 aliphatic rings. The van der Waals surface area contributed by atoms with Gasteiger partial charge in [-0.2, -0.15) is 0 Å². The van der Waals surface area contributed by atoms with Crippen LogP contribution in [0.5, 0.6) is 0 Å². The van der Waals surface area contributed by atoms with Crippen molar-refractivity contribution >= 4 is 10.8 Å². The molecule has 0 saturated heterocycles. The zero-order chi connectivity index (χ0) is 11.1. The van der Waals surface area contributed by atoms with Gasteiger partial charge in [-0.25, -0.2) is 0 Å². The van der Waals surface area contributed by atoms with Crippen LogP contribution in [0.1, 0.15) is 19.5 Å². The predicted molar refractivity (Wildman–Crippen MR) is 65.4 cm³/mol. The molecule has 1 rings (SSSR count). The third kappa shape index (κ3) is 4.18. The Hall–Kier alpha value is -0.610. The maximum absolute atomic E-state index is 11.2. The van der Waals surface area contributed by atoms with E-state index in [-0.39, 0.29) is 0 Å². The number of aryl methyl sites for hydroxylation is 1. The van der Waals surface area contributed by atoms with Gasteiger partial charge < -0.3 is 9.88 Å². The second-order valence-electron chi connectivity index (χ2n) is 3.39. The molecule has 86 valence electrons. The monoisotopic (exact) mass is 228 g/mol. The zero-order valence-corrected chi connectivity index (χ0v) is 10.3. The van der Waals surface area contributed by atoms with Crippen molar-refractivity contribution in [1.82, 2.24) is 9.88 Å². The summed E-state index contributed by atoms with van der Waals surface area (Å²) in [5.74, 6) is 1.51. The van der Waals surface area contributed by atoms with E-state index in [1.54, 1.807) is 0 Å². The maximum atomic E-state index is 11.2. The summed E-state index contributed by atoms with van der Waals surface area (Å²) < 4.78 is 13.4. The molecule has 0 fully saturated rings. The van der Waals surface area contributed by atoms with E-state index < -0.39 is 10.8 Å². The number of nitrogens with zero attached hydrogens (tertiary/aromatic N) is 1. The topological polar surface area (TPSA) is 34.0 Å². The molecule has 0 aliphatic carbocycles. The summed E-state index contributed by atoms with van der Waals surface area (Å²) >= 11 is 0. The standard InChI is InChI=1S/C11H20N2OS/c1-3-13-8-5-6-11(13)10-12-7-9-15(14)4-2/h5-6,8,12H,3-4,7,9-10H2,1-2H3. The lowest BCUT2D eigenvalue weighted by Crippen LogP contribution is -2.22. The SMILES string of the molecule is CCn1cccc1CNCCS(=O)CC. The lowest BCUT2D eigenvalue weighted by Gasteiger charge is -2.07. The highest BCUT2D eigenvalue weighted by molar-refractivity contribution is 7.84. The van der Waals surface area contributed by atoms with Crippen LogP contribution in [-0.4, -0.2) is 26.8 Å². The molecule has 15 heavy (non-hydrogen) atoms. The summed E-state index contributed by atoms with van der Waals surface area (Å²) in [5, 5.41) is 3.31. The molecule has 0 bridgehead atoms. The van der Waals surface area contributed by atoms with E-state index in [2.05, 4.69) is 35.1 Å². The Morgan fingerprint density at radius 2 is 2.27 bits per heavy atom. The second-order valence-corrected chi connectivity index (χ2v) is 5.26. The molecule has 1 aromatic rings. The Kier molecular flexibility index (Phi) is 5.65. The predicted octanol–water partition coefficient (Wildman–Crippen LogP) is 1.37. The molecular weight excluding hydrogens is 208 g/mol. The first-order valence-electron chi connectivity index (χ1n) is 5.47. The van der Waals surface area contributed by atoms with Gasteiger partial charge in [0.15, 0.2) is 0 Å². The van der Waals surface area contributed by atoms with E-state index in [1.807, 2.05) is 6.92 Å². The lowest BCUT2D eigenvalue weighted by molar-refractivity contribution is 0.641. The Morgan fingerprint density at radius 3 is 2.93 bits per heavy atom. The van der Waals surface area contributed by atoms with Gasteiger partial charge in [0.2, 0.25) is 0 Å². The van der Waals surface area contributed by atoms with Gasteiger partial charge in [-0.05, 0) is 19.1 Å². The van der Waals surface area contributed by atoms with Gasteiger partial charge in [0.05, 0.1) is 0 Å². The van der Waals surface area contributed by atoms with Crippen molar-refractivity contribution in [3.05, 3.63) is 24.0 Å². The number of hydrogen-bond donors (Lipinski definition) is 1. The molecule has 0 spiro atoms. The first-order chi connectivity index (χ1) is 7.27. The second kappa shape index (κ2) is 6.80. The van der Waals surface area contributed by atoms with Gasteiger partial charge in [-0.3, -0.25) is 4.21 Å². The third-order valence-corrected chi connectivity index (χ3v) is 3.70. The first kappa shape index (κ1) is 12.5. The van der Waals surface area contributed by atoms with Crippen molar-refractivity contribution in [2.45, 2.75) is 26.9 Å². The quantitative estimate of drug-likeness (QED) is 0.715. The molecule has 0 aliphatic heterocycles. The fourth-order valence-electron chi connectivity index (χ4n) is 1.47. The van der Waals surface area contributed by atoms with Crippen molar-refractivity contribution in [3.8, 4) is 0 Å². The Bertz CT molecular complexity index is 309. The largest absolute Gasteiger partial charge is 0.351 e. The smallest absolute Gasteiger partial charge is 0.0360 e. The van der Waals surface area contributed by atoms with Crippen LogP contribution in [-0.2, 0) is 23.9 Å². The van der Waals surface area contributed by atoms with Crippen LogP contribution < -0.4 is 5.32 Å². The van der Waals surface area contributed by atoms with Gasteiger partial charge in [0.25, 0.3) is 0 Å². The van der Waals surface area contributed by atoms with Crippen molar-refractivity contribution in [1.29, 1.82) is 0 Å². The van der Waals surface area contributed by atoms with Gasteiger partial charge in [0.1, 0.15) is 0 Å².